The summed E-state index contributed by atoms with van der Waals surface area (Å²) in [6, 6.07) is 5.58. The molecule has 130 valence electrons. The monoisotopic (exact) mass is 340 g/mol. The summed E-state index contributed by atoms with van der Waals surface area (Å²) in [5.41, 5.74) is 0.822. The Labute approximate surface area is 145 Å². The fraction of sp³-hybridized carbons (Fsp3) is 0.353. The number of rotatable bonds is 5. The quantitative estimate of drug-likeness (QED) is 0.854. The van der Waals surface area contributed by atoms with Gasteiger partial charge in [-0.15, -0.1) is 0 Å². The van der Waals surface area contributed by atoms with E-state index in [-0.39, 0.29) is 24.4 Å². The molecule has 1 aliphatic rings. The van der Waals surface area contributed by atoms with Gasteiger partial charge in [-0.3, -0.25) is 14.6 Å². The zero-order valence-corrected chi connectivity index (χ0v) is 14.0. The van der Waals surface area contributed by atoms with Crippen LogP contribution in [0, 0.1) is 0 Å². The van der Waals surface area contributed by atoms with Gasteiger partial charge in [0.1, 0.15) is 11.6 Å². The Morgan fingerprint density at radius 3 is 2.92 bits per heavy atom. The van der Waals surface area contributed by atoms with Crippen molar-refractivity contribution in [2.45, 2.75) is 25.8 Å². The second-order valence-electron chi connectivity index (χ2n) is 5.82. The van der Waals surface area contributed by atoms with Gasteiger partial charge in [0.05, 0.1) is 24.5 Å². The predicted molar refractivity (Wildman–Crippen MR) is 91.9 cm³/mol. The van der Waals surface area contributed by atoms with Gasteiger partial charge in [0, 0.05) is 25.9 Å². The Morgan fingerprint density at radius 1 is 1.28 bits per heavy atom. The smallest absolute Gasteiger partial charge is 0.242 e. The molecular weight excluding hydrogens is 320 g/mol. The summed E-state index contributed by atoms with van der Waals surface area (Å²) in [6.45, 7) is 2.09. The number of nitrogens with one attached hydrogen (secondary N) is 2. The Hall–Kier alpha value is -3.03. The molecule has 0 bridgehead atoms. The van der Waals surface area contributed by atoms with E-state index >= 15 is 0 Å². The van der Waals surface area contributed by atoms with Crippen LogP contribution in [0.15, 0.2) is 36.8 Å². The minimum atomic E-state index is -0.211. The van der Waals surface area contributed by atoms with Gasteiger partial charge in [0.15, 0.2) is 0 Å². The maximum atomic E-state index is 12.4. The van der Waals surface area contributed by atoms with Crippen LogP contribution in [0.2, 0.25) is 0 Å². The number of pyridine rings is 1. The van der Waals surface area contributed by atoms with Crippen LogP contribution in [-0.4, -0.2) is 44.8 Å². The van der Waals surface area contributed by atoms with Crippen molar-refractivity contribution in [2.75, 3.05) is 18.4 Å². The lowest BCUT2D eigenvalue weighted by atomic mass is 10.1. The van der Waals surface area contributed by atoms with E-state index in [4.69, 9.17) is 0 Å². The molecule has 2 amide bonds. The van der Waals surface area contributed by atoms with Gasteiger partial charge in [-0.1, -0.05) is 6.07 Å². The molecular formula is C17H20N6O2. The van der Waals surface area contributed by atoms with E-state index in [0.717, 1.165) is 18.5 Å². The summed E-state index contributed by atoms with van der Waals surface area (Å²) in [5, 5.41) is 5.67. The van der Waals surface area contributed by atoms with Gasteiger partial charge >= 0.3 is 0 Å². The molecule has 8 nitrogen and oxygen atoms in total. The van der Waals surface area contributed by atoms with Crippen molar-refractivity contribution in [1.29, 1.82) is 0 Å². The lowest BCUT2D eigenvalue weighted by Crippen LogP contribution is -2.39. The highest BCUT2D eigenvalue weighted by atomic mass is 16.2. The first kappa shape index (κ1) is 16.8. The normalized spacial score (nSPS) is 16.5. The van der Waals surface area contributed by atoms with E-state index in [9.17, 15) is 9.59 Å². The van der Waals surface area contributed by atoms with Crippen LogP contribution < -0.4 is 10.6 Å². The number of amides is 2. The number of carbonyl (C=O) groups is 2. The Bertz CT molecular complexity index is 752. The molecule has 1 aliphatic heterocycles. The van der Waals surface area contributed by atoms with E-state index in [1.54, 1.807) is 23.5 Å². The number of anilines is 2. The first-order valence-electron chi connectivity index (χ1n) is 8.17. The third-order valence-corrected chi connectivity index (χ3v) is 3.99. The highest BCUT2D eigenvalue weighted by Gasteiger charge is 2.30. The summed E-state index contributed by atoms with van der Waals surface area (Å²) >= 11 is 0. The van der Waals surface area contributed by atoms with Gasteiger partial charge in [-0.25, -0.2) is 9.97 Å². The van der Waals surface area contributed by atoms with Crippen LogP contribution in [0.25, 0.3) is 0 Å². The van der Waals surface area contributed by atoms with Gasteiger partial charge in [0.2, 0.25) is 11.8 Å². The van der Waals surface area contributed by atoms with Gasteiger partial charge < -0.3 is 15.5 Å². The minimum Gasteiger partial charge on any atom is -0.347 e. The van der Waals surface area contributed by atoms with Crippen LogP contribution in [0.4, 0.5) is 11.6 Å². The average molecular weight is 340 g/mol. The molecule has 2 N–H and O–H groups in total. The SMILES string of the molecule is CC(=O)NCC(=O)N1CCC[C@H]1c1cccc(Nc2cnccn2)n1. The summed E-state index contributed by atoms with van der Waals surface area (Å²) in [5.74, 6) is 0.959. The van der Waals surface area contributed by atoms with Gasteiger partial charge in [-0.2, -0.15) is 0 Å². The first-order valence-corrected chi connectivity index (χ1v) is 8.17. The van der Waals surface area contributed by atoms with Crippen molar-refractivity contribution >= 4 is 23.5 Å². The van der Waals surface area contributed by atoms with Crippen molar-refractivity contribution in [3.05, 3.63) is 42.5 Å². The Morgan fingerprint density at radius 2 is 2.16 bits per heavy atom. The second kappa shape index (κ2) is 7.69. The molecule has 0 saturated carbocycles. The fourth-order valence-electron chi connectivity index (χ4n) is 2.88. The zero-order valence-electron chi connectivity index (χ0n) is 14.0. The molecule has 2 aromatic heterocycles. The molecule has 0 radical (unpaired) electrons. The molecule has 2 aromatic rings. The molecule has 3 rings (SSSR count). The Balaban J connectivity index is 1.73. The molecule has 0 unspecified atom stereocenters. The molecule has 0 spiro atoms. The maximum absolute atomic E-state index is 12.4. The summed E-state index contributed by atoms with van der Waals surface area (Å²) in [6.07, 6.45) is 6.60. The third kappa shape index (κ3) is 4.28. The van der Waals surface area contributed by atoms with Gasteiger partial charge in [0.25, 0.3) is 0 Å². The topological polar surface area (TPSA) is 100 Å². The molecule has 25 heavy (non-hydrogen) atoms. The zero-order chi connectivity index (χ0) is 17.6. The van der Waals surface area contributed by atoms with Crippen LogP contribution in [0.5, 0.6) is 0 Å². The minimum absolute atomic E-state index is 0.0172. The number of likely N-dealkylation sites (tertiary alicyclic amines) is 1. The lowest BCUT2D eigenvalue weighted by Gasteiger charge is -2.24. The number of carbonyl (C=O) groups excluding carboxylic acids is 2. The van der Waals surface area contributed by atoms with Crippen LogP contribution in [0.1, 0.15) is 31.5 Å². The summed E-state index contributed by atoms with van der Waals surface area (Å²) in [4.78, 5) is 38.0. The van der Waals surface area contributed by atoms with Crippen molar-refractivity contribution in [1.82, 2.24) is 25.2 Å². The first-order chi connectivity index (χ1) is 12.1. The van der Waals surface area contributed by atoms with E-state index in [1.165, 1.54) is 6.92 Å². The second-order valence-corrected chi connectivity index (χ2v) is 5.82. The van der Waals surface area contributed by atoms with E-state index in [1.807, 2.05) is 18.2 Å². The summed E-state index contributed by atoms with van der Waals surface area (Å²) < 4.78 is 0. The molecule has 8 heteroatoms. The fourth-order valence-corrected chi connectivity index (χ4v) is 2.88. The van der Waals surface area contributed by atoms with E-state index < -0.39 is 0 Å². The van der Waals surface area contributed by atoms with Crippen molar-refractivity contribution in [2.24, 2.45) is 0 Å². The average Bonchev–Trinajstić information content (AvgIpc) is 3.10. The molecule has 3 heterocycles. The Kier molecular flexibility index (Phi) is 5.17. The molecule has 0 aromatic carbocycles. The summed E-state index contributed by atoms with van der Waals surface area (Å²) in [7, 11) is 0. The molecule has 1 fully saturated rings. The predicted octanol–water partition coefficient (Wildman–Crippen LogP) is 1.41. The molecule has 1 saturated heterocycles. The highest BCUT2D eigenvalue weighted by Crippen LogP contribution is 2.31. The maximum Gasteiger partial charge on any atom is 0.242 e. The van der Waals surface area contributed by atoms with Crippen LogP contribution in [-0.2, 0) is 9.59 Å². The van der Waals surface area contributed by atoms with Crippen molar-refractivity contribution < 1.29 is 9.59 Å². The number of hydrogen-bond donors (Lipinski definition) is 2. The van der Waals surface area contributed by atoms with Crippen LogP contribution >= 0.6 is 0 Å². The van der Waals surface area contributed by atoms with E-state index in [2.05, 4.69) is 25.6 Å². The van der Waals surface area contributed by atoms with Crippen molar-refractivity contribution in [3.63, 3.8) is 0 Å². The van der Waals surface area contributed by atoms with Gasteiger partial charge in [-0.05, 0) is 25.0 Å². The number of hydrogen-bond acceptors (Lipinski definition) is 6. The third-order valence-electron chi connectivity index (χ3n) is 3.99. The van der Waals surface area contributed by atoms with Crippen LogP contribution in [0.3, 0.4) is 0 Å². The largest absolute Gasteiger partial charge is 0.347 e. The molecule has 0 aliphatic carbocycles. The number of nitrogens with zero attached hydrogens (tertiary/aromatic N) is 4. The lowest BCUT2D eigenvalue weighted by molar-refractivity contribution is -0.133. The van der Waals surface area contributed by atoms with Crippen molar-refractivity contribution in [3.8, 4) is 0 Å². The number of aromatic nitrogens is 3. The highest BCUT2D eigenvalue weighted by molar-refractivity contribution is 5.84. The van der Waals surface area contributed by atoms with E-state index in [0.29, 0.717) is 18.2 Å². The molecule has 1 atom stereocenters. The standard InChI is InChI=1S/C17H20N6O2/c1-12(24)20-11-17(25)23-9-3-5-14(23)13-4-2-6-15(21-13)22-16-10-18-7-8-19-16/h2,4,6-8,10,14H,3,5,9,11H2,1H3,(H,20,24)(H,19,21,22)/t14-/m0/s1.